The second-order valence-electron chi connectivity index (χ2n) is 8.58. The SMILES string of the molecule is C[C@H]1CN(c2ccnc(Nc3cnn(C(C)(C)CO)c3)n2)C(=O)[C@]1(C#N)C1CC1. The van der Waals surface area contributed by atoms with Crippen LogP contribution >= 0.6 is 0 Å². The highest BCUT2D eigenvalue weighted by atomic mass is 16.3. The summed E-state index contributed by atoms with van der Waals surface area (Å²) in [6.07, 6.45) is 6.85. The predicted molar refractivity (Wildman–Crippen MR) is 106 cm³/mol. The number of rotatable bonds is 6. The van der Waals surface area contributed by atoms with E-state index in [1.165, 1.54) is 0 Å². The molecule has 3 heterocycles. The number of hydrogen-bond donors (Lipinski definition) is 2. The van der Waals surface area contributed by atoms with Crippen molar-refractivity contribution >= 4 is 23.4 Å². The molecule has 0 aromatic carbocycles. The number of aromatic nitrogens is 4. The topological polar surface area (TPSA) is 120 Å². The molecule has 2 N–H and O–H groups in total. The van der Waals surface area contributed by atoms with E-state index in [0.29, 0.717) is 24.0 Å². The van der Waals surface area contributed by atoms with Crippen LogP contribution in [-0.4, -0.2) is 43.9 Å². The van der Waals surface area contributed by atoms with Crippen molar-refractivity contribution in [2.75, 3.05) is 23.4 Å². The first-order chi connectivity index (χ1) is 13.8. The Morgan fingerprint density at radius 1 is 1.45 bits per heavy atom. The number of nitrogens with zero attached hydrogens (tertiary/aromatic N) is 6. The molecule has 1 aliphatic carbocycles. The molecule has 0 bridgehead atoms. The number of aliphatic hydroxyl groups is 1. The van der Waals surface area contributed by atoms with Gasteiger partial charge in [0.25, 0.3) is 0 Å². The summed E-state index contributed by atoms with van der Waals surface area (Å²) < 4.78 is 1.67. The van der Waals surface area contributed by atoms with Gasteiger partial charge < -0.3 is 10.4 Å². The summed E-state index contributed by atoms with van der Waals surface area (Å²) in [6, 6.07) is 4.02. The average molecular weight is 395 g/mol. The van der Waals surface area contributed by atoms with Gasteiger partial charge in [-0.1, -0.05) is 6.92 Å². The van der Waals surface area contributed by atoms with Crippen LogP contribution in [0.1, 0.15) is 33.6 Å². The van der Waals surface area contributed by atoms with Gasteiger partial charge in [0.2, 0.25) is 11.9 Å². The molecule has 0 unspecified atom stereocenters. The Morgan fingerprint density at radius 3 is 2.86 bits per heavy atom. The first-order valence-corrected chi connectivity index (χ1v) is 9.81. The van der Waals surface area contributed by atoms with Gasteiger partial charge in [-0.3, -0.25) is 14.4 Å². The van der Waals surface area contributed by atoms with Crippen molar-refractivity contribution in [3.05, 3.63) is 24.7 Å². The maximum Gasteiger partial charge on any atom is 0.249 e. The summed E-state index contributed by atoms with van der Waals surface area (Å²) in [7, 11) is 0. The van der Waals surface area contributed by atoms with Crippen molar-refractivity contribution in [2.24, 2.45) is 17.3 Å². The van der Waals surface area contributed by atoms with Crippen LogP contribution in [0.15, 0.2) is 24.7 Å². The van der Waals surface area contributed by atoms with Gasteiger partial charge in [-0.2, -0.15) is 15.3 Å². The first kappa shape index (κ1) is 19.3. The quantitative estimate of drug-likeness (QED) is 0.768. The number of nitrogens with one attached hydrogen (secondary N) is 1. The number of hydrogen-bond acceptors (Lipinski definition) is 7. The van der Waals surface area contributed by atoms with Crippen LogP contribution in [0, 0.1) is 28.6 Å². The van der Waals surface area contributed by atoms with Gasteiger partial charge in [-0.05, 0) is 38.7 Å². The average Bonchev–Trinajstić information content (AvgIpc) is 3.38. The van der Waals surface area contributed by atoms with Gasteiger partial charge in [0.1, 0.15) is 11.2 Å². The normalized spacial score (nSPS) is 24.6. The lowest BCUT2D eigenvalue weighted by atomic mass is 9.75. The molecule has 2 aromatic heterocycles. The highest BCUT2D eigenvalue weighted by Crippen LogP contribution is 2.54. The Bertz CT molecular complexity index is 975. The minimum absolute atomic E-state index is 0.0437. The number of amides is 1. The minimum Gasteiger partial charge on any atom is -0.394 e. The summed E-state index contributed by atoms with van der Waals surface area (Å²) >= 11 is 0. The van der Waals surface area contributed by atoms with Crippen molar-refractivity contribution in [3.63, 3.8) is 0 Å². The van der Waals surface area contributed by atoms with Crippen LogP contribution in [0.5, 0.6) is 0 Å². The lowest BCUT2D eigenvalue weighted by Gasteiger charge is -2.22. The lowest BCUT2D eigenvalue weighted by molar-refractivity contribution is -0.124. The number of anilines is 3. The van der Waals surface area contributed by atoms with Crippen LogP contribution in [0.25, 0.3) is 0 Å². The van der Waals surface area contributed by atoms with Crippen molar-refractivity contribution in [1.82, 2.24) is 19.7 Å². The molecule has 2 aromatic rings. The monoisotopic (exact) mass is 395 g/mol. The smallest absolute Gasteiger partial charge is 0.249 e. The molecular formula is C20H25N7O2. The Morgan fingerprint density at radius 2 is 2.21 bits per heavy atom. The largest absolute Gasteiger partial charge is 0.394 e. The van der Waals surface area contributed by atoms with Crippen molar-refractivity contribution in [1.29, 1.82) is 5.26 Å². The molecule has 1 amide bonds. The molecule has 0 radical (unpaired) electrons. The maximum absolute atomic E-state index is 13.2. The fourth-order valence-corrected chi connectivity index (χ4v) is 3.98. The van der Waals surface area contributed by atoms with E-state index in [1.807, 2.05) is 20.8 Å². The molecule has 2 aliphatic rings. The molecule has 2 fully saturated rings. The van der Waals surface area contributed by atoms with Crippen molar-refractivity contribution in [3.8, 4) is 6.07 Å². The third-order valence-electron chi connectivity index (χ3n) is 6.00. The maximum atomic E-state index is 13.2. The second-order valence-corrected chi connectivity index (χ2v) is 8.58. The van der Waals surface area contributed by atoms with E-state index in [-0.39, 0.29) is 24.3 Å². The highest BCUT2D eigenvalue weighted by molar-refractivity contribution is 6.02. The third-order valence-corrected chi connectivity index (χ3v) is 6.00. The van der Waals surface area contributed by atoms with Gasteiger partial charge in [-0.25, -0.2) is 4.98 Å². The molecule has 9 nitrogen and oxygen atoms in total. The molecule has 4 rings (SSSR count). The fourth-order valence-electron chi connectivity index (χ4n) is 3.98. The van der Waals surface area contributed by atoms with Gasteiger partial charge in [0.15, 0.2) is 0 Å². The summed E-state index contributed by atoms with van der Waals surface area (Å²) in [5.74, 6) is 0.778. The van der Waals surface area contributed by atoms with E-state index in [1.54, 1.807) is 34.2 Å². The van der Waals surface area contributed by atoms with E-state index in [0.717, 1.165) is 12.8 Å². The van der Waals surface area contributed by atoms with Crippen LogP contribution in [0.4, 0.5) is 17.5 Å². The highest BCUT2D eigenvalue weighted by Gasteiger charge is 2.61. The Kier molecular flexibility index (Phi) is 4.54. The molecule has 2 atom stereocenters. The Labute approximate surface area is 169 Å². The van der Waals surface area contributed by atoms with Crippen LogP contribution in [-0.2, 0) is 10.3 Å². The molecule has 1 aliphatic heterocycles. The van der Waals surface area contributed by atoms with E-state index >= 15 is 0 Å². The standard InChI is InChI=1S/C20H25N7O2/c1-13-9-26(17(29)20(13,11-21)14-4-5-14)16-6-7-22-18(25-16)24-15-8-23-27(10-15)19(2,3)12-28/h6-8,10,13-14,28H,4-5,9,12H2,1-3H3,(H,22,24,25)/t13-,20-/m0/s1. The molecule has 29 heavy (non-hydrogen) atoms. The van der Waals surface area contributed by atoms with Gasteiger partial charge in [0, 0.05) is 24.9 Å². The predicted octanol–water partition coefficient (Wildman–Crippen LogP) is 2.05. The van der Waals surface area contributed by atoms with E-state index < -0.39 is 11.0 Å². The fraction of sp³-hybridized carbons (Fsp3) is 0.550. The number of carbonyl (C=O) groups excluding carboxylic acids is 1. The first-order valence-electron chi connectivity index (χ1n) is 9.81. The van der Waals surface area contributed by atoms with Crippen molar-refractivity contribution in [2.45, 2.75) is 39.2 Å². The Balaban J connectivity index is 1.56. The second kappa shape index (κ2) is 6.81. The number of carbonyl (C=O) groups is 1. The van der Waals surface area contributed by atoms with Crippen LogP contribution < -0.4 is 10.2 Å². The number of aliphatic hydroxyl groups excluding tert-OH is 1. The summed E-state index contributed by atoms with van der Waals surface area (Å²) in [5.41, 5.74) is -0.783. The Hall–Kier alpha value is -2.99. The third kappa shape index (κ3) is 3.13. The van der Waals surface area contributed by atoms with E-state index in [9.17, 15) is 15.2 Å². The zero-order chi connectivity index (χ0) is 20.8. The molecule has 0 spiro atoms. The van der Waals surface area contributed by atoms with E-state index in [2.05, 4.69) is 26.5 Å². The van der Waals surface area contributed by atoms with Crippen LogP contribution in [0.3, 0.4) is 0 Å². The zero-order valence-electron chi connectivity index (χ0n) is 16.8. The van der Waals surface area contributed by atoms with Crippen molar-refractivity contribution < 1.29 is 9.90 Å². The van der Waals surface area contributed by atoms with Gasteiger partial charge >= 0.3 is 0 Å². The molecule has 1 saturated heterocycles. The summed E-state index contributed by atoms with van der Waals surface area (Å²) in [4.78, 5) is 23.5. The zero-order valence-corrected chi connectivity index (χ0v) is 16.8. The minimum atomic E-state index is -0.935. The summed E-state index contributed by atoms with van der Waals surface area (Å²) in [5, 5.41) is 26.7. The molecular weight excluding hydrogens is 370 g/mol. The number of nitriles is 1. The lowest BCUT2D eigenvalue weighted by Crippen LogP contribution is -2.37. The molecule has 1 saturated carbocycles. The van der Waals surface area contributed by atoms with E-state index in [4.69, 9.17) is 0 Å². The molecule has 9 heteroatoms. The molecule has 152 valence electrons. The van der Waals surface area contributed by atoms with Crippen LogP contribution in [0.2, 0.25) is 0 Å². The van der Waals surface area contributed by atoms with Gasteiger partial charge in [-0.15, -0.1) is 0 Å². The summed E-state index contributed by atoms with van der Waals surface area (Å²) in [6.45, 7) is 6.15. The van der Waals surface area contributed by atoms with Gasteiger partial charge in [0.05, 0.1) is 30.1 Å².